The van der Waals surface area contributed by atoms with Gasteiger partial charge in [0.25, 0.3) is 0 Å². The van der Waals surface area contributed by atoms with Gasteiger partial charge in [-0.3, -0.25) is 0 Å². The lowest BCUT2D eigenvalue weighted by atomic mass is 9.74. The second kappa shape index (κ2) is 7.09. The molecule has 112 valence electrons. The predicted molar refractivity (Wildman–Crippen MR) is 84.9 cm³/mol. The molecule has 0 unspecified atom stereocenters. The molecule has 0 spiro atoms. The minimum Gasteiger partial charge on any atom is -0.396 e. The lowest BCUT2D eigenvalue weighted by Gasteiger charge is -2.36. The van der Waals surface area contributed by atoms with E-state index in [-0.39, 0.29) is 5.41 Å². The minimum atomic E-state index is 0.0868. The van der Waals surface area contributed by atoms with Crippen molar-refractivity contribution in [2.24, 2.45) is 5.41 Å². The number of aliphatic hydroxyl groups is 1. The highest BCUT2D eigenvalue weighted by Crippen LogP contribution is 2.36. The number of benzene rings is 1. The molecule has 1 fully saturated rings. The summed E-state index contributed by atoms with van der Waals surface area (Å²) in [4.78, 5) is 2.18. The summed E-state index contributed by atoms with van der Waals surface area (Å²) < 4.78 is 0. The standard InChI is InChI=1S/C17H28N2O/c1-19(2)12-15-8-4-5-9-16(15)18-13-17(14-20)10-6-3-7-11-17/h4-5,8-9,18,20H,3,6-7,10-14H2,1-2H3. The maximum absolute atomic E-state index is 9.79. The van der Waals surface area contributed by atoms with Gasteiger partial charge in [-0.15, -0.1) is 0 Å². The maximum atomic E-state index is 9.79. The monoisotopic (exact) mass is 276 g/mol. The molecule has 0 heterocycles. The topological polar surface area (TPSA) is 35.5 Å². The van der Waals surface area contributed by atoms with Gasteiger partial charge in [0, 0.05) is 24.2 Å². The van der Waals surface area contributed by atoms with Crippen molar-refractivity contribution in [2.45, 2.75) is 38.6 Å². The molecule has 20 heavy (non-hydrogen) atoms. The fourth-order valence-electron chi connectivity index (χ4n) is 3.15. The zero-order chi connectivity index (χ0) is 14.4. The lowest BCUT2D eigenvalue weighted by molar-refractivity contribution is 0.0944. The van der Waals surface area contributed by atoms with E-state index in [2.05, 4.69) is 48.6 Å². The summed E-state index contributed by atoms with van der Waals surface area (Å²) in [6.45, 7) is 2.12. The smallest absolute Gasteiger partial charge is 0.0504 e. The first-order valence-corrected chi connectivity index (χ1v) is 7.73. The van der Waals surface area contributed by atoms with E-state index >= 15 is 0 Å². The third-order valence-electron chi connectivity index (χ3n) is 4.41. The molecule has 2 rings (SSSR count). The largest absolute Gasteiger partial charge is 0.396 e. The normalized spacial score (nSPS) is 18.2. The van der Waals surface area contributed by atoms with E-state index in [0.717, 1.165) is 25.9 Å². The molecule has 0 bridgehead atoms. The van der Waals surface area contributed by atoms with E-state index in [1.807, 2.05) is 0 Å². The first kappa shape index (κ1) is 15.3. The van der Waals surface area contributed by atoms with E-state index in [1.54, 1.807) is 0 Å². The van der Waals surface area contributed by atoms with Gasteiger partial charge in [-0.1, -0.05) is 37.5 Å². The van der Waals surface area contributed by atoms with Crippen LogP contribution in [-0.4, -0.2) is 37.3 Å². The van der Waals surface area contributed by atoms with Gasteiger partial charge < -0.3 is 15.3 Å². The maximum Gasteiger partial charge on any atom is 0.0504 e. The SMILES string of the molecule is CN(C)Cc1ccccc1NCC1(CO)CCCCC1. The second-order valence-electron chi connectivity index (χ2n) is 6.47. The lowest BCUT2D eigenvalue weighted by Crippen LogP contribution is -2.35. The van der Waals surface area contributed by atoms with E-state index in [1.165, 1.54) is 30.5 Å². The Bertz CT molecular complexity index is 411. The number of anilines is 1. The summed E-state index contributed by atoms with van der Waals surface area (Å²) in [5.41, 5.74) is 2.62. The van der Waals surface area contributed by atoms with Crippen LogP contribution in [0, 0.1) is 5.41 Å². The zero-order valence-electron chi connectivity index (χ0n) is 12.9. The van der Waals surface area contributed by atoms with Crippen molar-refractivity contribution < 1.29 is 5.11 Å². The molecule has 1 aromatic rings. The minimum absolute atomic E-state index is 0.0868. The van der Waals surface area contributed by atoms with Gasteiger partial charge in [0.1, 0.15) is 0 Å². The van der Waals surface area contributed by atoms with Crippen molar-refractivity contribution in [1.82, 2.24) is 4.90 Å². The molecule has 0 atom stereocenters. The molecule has 1 aliphatic rings. The molecule has 0 saturated heterocycles. The molecule has 3 heteroatoms. The Balaban J connectivity index is 2.02. The Hall–Kier alpha value is -1.06. The van der Waals surface area contributed by atoms with Crippen LogP contribution < -0.4 is 5.32 Å². The molecular formula is C17H28N2O. The van der Waals surface area contributed by atoms with Crippen molar-refractivity contribution in [3.8, 4) is 0 Å². The molecule has 1 saturated carbocycles. The predicted octanol–water partition coefficient (Wildman–Crippen LogP) is 3.10. The first-order valence-electron chi connectivity index (χ1n) is 7.73. The fraction of sp³-hybridized carbons (Fsp3) is 0.647. The van der Waals surface area contributed by atoms with Crippen LogP contribution in [0.2, 0.25) is 0 Å². The average molecular weight is 276 g/mol. The Morgan fingerprint density at radius 3 is 2.50 bits per heavy atom. The molecule has 1 aromatic carbocycles. The molecule has 0 radical (unpaired) electrons. The van der Waals surface area contributed by atoms with Gasteiger partial charge in [-0.05, 0) is 38.6 Å². The van der Waals surface area contributed by atoms with Crippen LogP contribution in [0.1, 0.15) is 37.7 Å². The summed E-state index contributed by atoms with van der Waals surface area (Å²) in [5, 5.41) is 13.4. The third-order valence-corrected chi connectivity index (χ3v) is 4.41. The van der Waals surface area contributed by atoms with E-state index in [0.29, 0.717) is 6.61 Å². The van der Waals surface area contributed by atoms with Crippen LogP contribution in [0.4, 0.5) is 5.69 Å². The quantitative estimate of drug-likeness (QED) is 0.838. The number of hydrogen-bond donors (Lipinski definition) is 2. The van der Waals surface area contributed by atoms with Crippen LogP contribution in [-0.2, 0) is 6.54 Å². The van der Waals surface area contributed by atoms with Crippen molar-refractivity contribution in [3.05, 3.63) is 29.8 Å². The summed E-state index contributed by atoms with van der Waals surface area (Å²) >= 11 is 0. The van der Waals surface area contributed by atoms with Crippen LogP contribution in [0.3, 0.4) is 0 Å². The van der Waals surface area contributed by atoms with Gasteiger partial charge in [0.15, 0.2) is 0 Å². The molecule has 1 aliphatic carbocycles. The van der Waals surface area contributed by atoms with Crippen molar-refractivity contribution in [1.29, 1.82) is 0 Å². The number of nitrogens with one attached hydrogen (secondary N) is 1. The summed E-state index contributed by atoms with van der Waals surface area (Å²) in [6.07, 6.45) is 6.11. The molecule has 2 N–H and O–H groups in total. The molecule has 0 aliphatic heterocycles. The number of rotatable bonds is 6. The molecule has 0 amide bonds. The fourth-order valence-corrected chi connectivity index (χ4v) is 3.15. The van der Waals surface area contributed by atoms with E-state index < -0.39 is 0 Å². The molecule has 0 aromatic heterocycles. The Kier molecular flexibility index (Phi) is 5.44. The third kappa shape index (κ3) is 3.97. The number of nitrogens with zero attached hydrogens (tertiary/aromatic N) is 1. The van der Waals surface area contributed by atoms with Gasteiger partial charge >= 0.3 is 0 Å². The van der Waals surface area contributed by atoms with Crippen LogP contribution in [0.15, 0.2) is 24.3 Å². The number of aliphatic hydroxyl groups excluding tert-OH is 1. The highest BCUT2D eigenvalue weighted by molar-refractivity contribution is 5.51. The van der Waals surface area contributed by atoms with E-state index in [9.17, 15) is 5.11 Å². The number of para-hydroxylation sites is 1. The number of hydrogen-bond acceptors (Lipinski definition) is 3. The molecule has 3 nitrogen and oxygen atoms in total. The van der Waals surface area contributed by atoms with Gasteiger partial charge in [0.05, 0.1) is 6.61 Å². The van der Waals surface area contributed by atoms with Crippen molar-refractivity contribution in [3.63, 3.8) is 0 Å². The summed E-state index contributed by atoms with van der Waals surface area (Å²) in [6, 6.07) is 8.49. The van der Waals surface area contributed by atoms with Crippen molar-refractivity contribution >= 4 is 5.69 Å². The van der Waals surface area contributed by atoms with E-state index in [4.69, 9.17) is 0 Å². The second-order valence-corrected chi connectivity index (χ2v) is 6.47. The van der Waals surface area contributed by atoms with Crippen LogP contribution >= 0.6 is 0 Å². The van der Waals surface area contributed by atoms with Gasteiger partial charge in [-0.2, -0.15) is 0 Å². The molecular weight excluding hydrogens is 248 g/mol. The van der Waals surface area contributed by atoms with Crippen LogP contribution in [0.25, 0.3) is 0 Å². The summed E-state index contributed by atoms with van der Waals surface area (Å²) in [7, 11) is 4.18. The summed E-state index contributed by atoms with van der Waals surface area (Å²) in [5.74, 6) is 0. The Morgan fingerprint density at radius 1 is 1.15 bits per heavy atom. The van der Waals surface area contributed by atoms with Crippen LogP contribution in [0.5, 0.6) is 0 Å². The van der Waals surface area contributed by atoms with Gasteiger partial charge in [0.2, 0.25) is 0 Å². The Labute approximate surface area is 123 Å². The Morgan fingerprint density at radius 2 is 1.85 bits per heavy atom. The zero-order valence-corrected chi connectivity index (χ0v) is 12.9. The van der Waals surface area contributed by atoms with Crippen molar-refractivity contribution in [2.75, 3.05) is 32.6 Å². The van der Waals surface area contributed by atoms with Gasteiger partial charge in [-0.25, -0.2) is 0 Å². The highest BCUT2D eigenvalue weighted by Gasteiger charge is 2.31. The highest BCUT2D eigenvalue weighted by atomic mass is 16.3. The average Bonchev–Trinajstić information content (AvgIpc) is 2.47. The first-order chi connectivity index (χ1) is 9.65.